The largest absolute Gasteiger partial charge is 0.487 e. The molecule has 1 aromatic rings. The molecule has 0 saturated heterocycles. The van der Waals surface area contributed by atoms with Crippen molar-refractivity contribution in [2.24, 2.45) is 0 Å². The van der Waals surface area contributed by atoms with Crippen LogP contribution in [0.25, 0.3) is 0 Å². The molecule has 94 valence electrons. The minimum absolute atomic E-state index is 0.0463. The Morgan fingerprint density at radius 2 is 2.18 bits per heavy atom. The third kappa shape index (κ3) is 2.33. The molecular formula is C12H13F3O2. The summed E-state index contributed by atoms with van der Waals surface area (Å²) < 4.78 is 47.8. The predicted octanol–water partition coefficient (Wildman–Crippen LogP) is 3.45. The Balaban J connectivity index is 2.45. The van der Waals surface area contributed by atoms with E-state index in [4.69, 9.17) is 4.74 Å². The van der Waals surface area contributed by atoms with E-state index in [0.717, 1.165) is 6.42 Å². The van der Waals surface area contributed by atoms with Crippen LogP contribution in [0.4, 0.5) is 13.2 Å². The molecule has 1 unspecified atom stereocenters. The van der Waals surface area contributed by atoms with Crippen LogP contribution in [0.15, 0.2) is 6.07 Å². The highest BCUT2D eigenvalue weighted by molar-refractivity contribution is 5.48. The number of hydrogen-bond donors (Lipinski definition) is 0. The first-order chi connectivity index (χ1) is 7.99. The van der Waals surface area contributed by atoms with Gasteiger partial charge in [-0.1, -0.05) is 0 Å². The first kappa shape index (κ1) is 12.1. The quantitative estimate of drug-likeness (QED) is 0.795. The average Bonchev–Trinajstić information content (AvgIpc) is 2.25. The summed E-state index contributed by atoms with van der Waals surface area (Å²) in [5.74, 6) is -1.20. The molecule has 1 aliphatic rings. The first-order valence-electron chi connectivity index (χ1n) is 5.42. The van der Waals surface area contributed by atoms with Gasteiger partial charge in [-0.25, -0.2) is 0 Å². The molecule has 0 aliphatic carbocycles. The smallest absolute Gasteiger partial charge is 0.387 e. The van der Waals surface area contributed by atoms with Crippen LogP contribution in [0, 0.1) is 12.7 Å². The summed E-state index contributed by atoms with van der Waals surface area (Å²) in [6.07, 6.45) is 1.36. The zero-order valence-corrected chi connectivity index (χ0v) is 9.60. The molecule has 0 fully saturated rings. The van der Waals surface area contributed by atoms with Gasteiger partial charge in [-0.05, 0) is 43.9 Å². The van der Waals surface area contributed by atoms with Crippen molar-refractivity contribution in [3.63, 3.8) is 0 Å². The molecule has 0 amide bonds. The van der Waals surface area contributed by atoms with E-state index in [2.05, 4.69) is 4.74 Å². The van der Waals surface area contributed by atoms with Crippen LogP contribution in [0.5, 0.6) is 11.5 Å². The summed E-state index contributed by atoms with van der Waals surface area (Å²) in [6, 6.07) is 1.64. The highest BCUT2D eigenvalue weighted by atomic mass is 19.3. The fraction of sp³-hybridized carbons (Fsp3) is 0.500. The van der Waals surface area contributed by atoms with E-state index in [1.54, 1.807) is 13.0 Å². The topological polar surface area (TPSA) is 18.5 Å². The first-order valence-corrected chi connectivity index (χ1v) is 5.42. The molecule has 0 spiro atoms. The fourth-order valence-corrected chi connectivity index (χ4v) is 1.98. The number of benzene rings is 1. The third-order valence-electron chi connectivity index (χ3n) is 2.79. The molecule has 0 aromatic heterocycles. The van der Waals surface area contributed by atoms with Crippen molar-refractivity contribution in [3.8, 4) is 11.5 Å². The number of rotatable bonds is 2. The second-order valence-corrected chi connectivity index (χ2v) is 4.17. The van der Waals surface area contributed by atoms with Crippen LogP contribution in [0.2, 0.25) is 0 Å². The Morgan fingerprint density at radius 1 is 1.47 bits per heavy atom. The molecule has 0 bridgehead atoms. The van der Waals surface area contributed by atoms with E-state index in [1.807, 2.05) is 6.92 Å². The second-order valence-electron chi connectivity index (χ2n) is 4.17. The summed E-state index contributed by atoms with van der Waals surface area (Å²) in [5.41, 5.74) is 1.07. The van der Waals surface area contributed by atoms with Crippen LogP contribution in [0.3, 0.4) is 0 Å². The Labute approximate surface area is 97.3 Å². The van der Waals surface area contributed by atoms with E-state index in [1.165, 1.54) is 0 Å². The minimum atomic E-state index is -3.04. The van der Waals surface area contributed by atoms with Crippen molar-refractivity contribution in [2.75, 3.05) is 0 Å². The summed E-state index contributed by atoms with van der Waals surface area (Å²) in [5, 5.41) is 0. The zero-order valence-electron chi connectivity index (χ0n) is 9.60. The van der Waals surface area contributed by atoms with Gasteiger partial charge in [0.05, 0.1) is 6.10 Å². The van der Waals surface area contributed by atoms with E-state index >= 15 is 0 Å². The third-order valence-corrected chi connectivity index (χ3v) is 2.79. The van der Waals surface area contributed by atoms with Gasteiger partial charge in [0.1, 0.15) is 0 Å². The molecule has 0 radical (unpaired) electrons. The number of alkyl halides is 2. The predicted molar refractivity (Wildman–Crippen MR) is 56.2 cm³/mol. The standard InChI is InChI=1S/C12H13F3O2/c1-6-5-8-4-3-7(2)16-11(8)9(13)10(6)17-12(14)15/h5,7,12H,3-4H2,1-2H3. The molecule has 2 rings (SSSR count). The Kier molecular flexibility index (Phi) is 3.17. The molecule has 1 atom stereocenters. The maximum Gasteiger partial charge on any atom is 0.387 e. The Morgan fingerprint density at radius 3 is 2.82 bits per heavy atom. The summed E-state index contributed by atoms with van der Waals surface area (Å²) in [7, 11) is 0. The van der Waals surface area contributed by atoms with E-state index in [0.29, 0.717) is 17.5 Å². The molecular weight excluding hydrogens is 233 g/mol. The van der Waals surface area contributed by atoms with Gasteiger partial charge in [-0.2, -0.15) is 13.2 Å². The van der Waals surface area contributed by atoms with Gasteiger partial charge in [-0.15, -0.1) is 0 Å². The highest BCUT2D eigenvalue weighted by Crippen LogP contribution is 2.38. The van der Waals surface area contributed by atoms with Crippen molar-refractivity contribution in [3.05, 3.63) is 23.0 Å². The highest BCUT2D eigenvalue weighted by Gasteiger charge is 2.25. The number of ether oxygens (including phenoxy) is 2. The van der Waals surface area contributed by atoms with Crippen LogP contribution < -0.4 is 9.47 Å². The van der Waals surface area contributed by atoms with Crippen LogP contribution in [-0.4, -0.2) is 12.7 Å². The molecule has 1 heterocycles. The normalized spacial score (nSPS) is 18.8. The van der Waals surface area contributed by atoms with Gasteiger partial charge in [-0.3, -0.25) is 0 Å². The van der Waals surface area contributed by atoms with Crippen LogP contribution in [0.1, 0.15) is 24.5 Å². The molecule has 5 heteroatoms. The van der Waals surface area contributed by atoms with Crippen molar-refractivity contribution in [2.45, 2.75) is 39.4 Å². The second kappa shape index (κ2) is 4.47. The van der Waals surface area contributed by atoms with E-state index in [-0.39, 0.29) is 11.9 Å². The van der Waals surface area contributed by atoms with Crippen molar-refractivity contribution in [1.82, 2.24) is 0 Å². The lowest BCUT2D eigenvalue weighted by molar-refractivity contribution is -0.0530. The number of fused-ring (bicyclic) bond motifs is 1. The van der Waals surface area contributed by atoms with Crippen molar-refractivity contribution >= 4 is 0 Å². The minimum Gasteiger partial charge on any atom is -0.487 e. The number of aryl methyl sites for hydroxylation is 2. The summed E-state index contributed by atoms with van der Waals surface area (Å²) in [6.45, 7) is 0.317. The average molecular weight is 246 g/mol. The van der Waals surface area contributed by atoms with Crippen molar-refractivity contribution in [1.29, 1.82) is 0 Å². The molecule has 1 aliphatic heterocycles. The monoisotopic (exact) mass is 246 g/mol. The molecule has 0 saturated carbocycles. The van der Waals surface area contributed by atoms with Crippen molar-refractivity contribution < 1.29 is 22.6 Å². The number of hydrogen-bond acceptors (Lipinski definition) is 2. The van der Waals surface area contributed by atoms with Gasteiger partial charge in [0.15, 0.2) is 11.5 Å². The molecule has 2 nitrogen and oxygen atoms in total. The van der Waals surface area contributed by atoms with Crippen LogP contribution in [-0.2, 0) is 6.42 Å². The Hall–Kier alpha value is -1.39. The van der Waals surface area contributed by atoms with E-state index in [9.17, 15) is 13.2 Å². The lowest BCUT2D eigenvalue weighted by atomic mass is 10.00. The van der Waals surface area contributed by atoms with Gasteiger partial charge in [0.25, 0.3) is 0 Å². The van der Waals surface area contributed by atoms with Gasteiger partial charge >= 0.3 is 6.61 Å². The maximum absolute atomic E-state index is 14.0. The van der Waals surface area contributed by atoms with Gasteiger partial charge in [0.2, 0.25) is 5.82 Å². The lowest BCUT2D eigenvalue weighted by Crippen LogP contribution is -2.20. The zero-order chi connectivity index (χ0) is 12.6. The van der Waals surface area contributed by atoms with Gasteiger partial charge < -0.3 is 9.47 Å². The van der Waals surface area contributed by atoms with Gasteiger partial charge in [0, 0.05) is 0 Å². The summed E-state index contributed by atoms with van der Waals surface area (Å²) >= 11 is 0. The maximum atomic E-state index is 14.0. The molecule has 1 aromatic carbocycles. The molecule has 17 heavy (non-hydrogen) atoms. The fourth-order valence-electron chi connectivity index (χ4n) is 1.98. The van der Waals surface area contributed by atoms with Crippen LogP contribution >= 0.6 is 0 Å². The Bertz CT molecular complexity index is 432. The number of halogens is 3. The SMILES string of the molecule is Cc1cc2c(c(F)c1OC(F)F)OC(C)CC2. The summed E-state index contributed by atoms with van der Waals surface area (Å²) in [4.78, 5) is 0. The van der Waals surface area contributed by atoms with E-state index < -0.39 is 18.2 Å². The molecule has 0 N–H and O–H groups in total. The lowest BCUT2D eigenvalue weighted by Gasteiger charge is -2.25.